The Morgan fingerprint density at radius 2 is 1.45 bits per heavy atom. The van der Waals surface area contributed by atoms with E-state index in [0.29, 0.717) is 6.42 Å². The lowest BCUT2D eigenvalue weighted by atomic mass is 9.85. The molecule has 0 heterocycles. The number of carbonyl (C=O) groups excluding carboxylic acids is 2. The van der Waals surface area contributed by atoms with Crippen LogP contribution in [0.1, 0.15) is 113 Å². The minimum Gasteiger partial charge on any atom is -0.393 e. The van der Waals surface area contributed by atoms with Crippen molar-refractivity contribution in [2.24, 2.45) is 11.3 Å². The smallest absolute Gasteiger partial charge is 0.348 e. The molecule has 0 radical (unpaired) electrons. The van der Waals surface area contributed by atoms with E-state index in [0.717, 1.165) is 64.6 Å². The maximum atomic E-state index is 12.4. The van der Waals surface area contributed by atoms with Gasteiger partial charge in [-0.1, -0.05) is 72.1 Å². The first-order valence-corrected chi connectivity index (χ1v) is 12.3. The van der Waals surface area contributed by atoms with Crippen LogP contribution in [0, 0.1) is 11.3 Å². The van der Waals surface area contributed by atoms with Gasteiger partial charge in [0.15, 0.2) is 5.60 Å². The van der Waals surface area contributed by atoms with E-state index in [1.807, 2.05) is 20.8 Å². The molecule has 6 heteroatoms. The van der Waals surface area contributed by atoms with Crippen LogP contribution >= 0.6 is 0 Å². The first-order chi connectivity index (χ1) is 14.6. The lowest BCUT2D eigenvalue weighted by molar-refractivity contribution is -0.183. The Balaban J connectivity index is 0. The molecule has 2 atom stereocenters. The van der Waals surface area contributed by atoms with E-state index in [2.05, 4.69) is 13.8 Å². The standard InChI is InChI=1S/C21H40O5.C4H10O/c1-6-9-11-12-14-20(4,5)18(23)26-19(24)21(25,16-22)15-17(8-3)13-10-7-2;1-3-5-4-2/h17,22,25H,6-16H2,1-5H3;3-4H2,1-2H3. The van der Waals surface area contributed by atoms with Crippen molar-refractivity contribution in [1.29, 1.82) is 0 Å². The molecule has 0 saturated carbocycles. The van der Waals surface area contributed by atoms with E-state index in [4.69, 9.17) is 9.47 Å². The second-order valence-corrected chi connectivity index (χ2v) is 8.96. The molecule has 0 spiro atoms. The second-order valence-electron chi connectivity index (χ2n) is 8.96. The lowest BCUT2D eigenvalue weighted by Crippen LogP contribution is -2.47. The summed E-state index contributed by atoms with van der Waals surface area (Å²) in [6.07, 6.45) is 8.61. The zero-order valence-corrected chi connectivity index (χ0v) is 21.3. The number of hydrogen-bond acceptors (Lipinski definition) is 6. The van der Waals surface area contributed by atoms with E-state index in [1.165, 1.54) is 0 Å². The summed E-state index contributed by atoms with van der Waals surface area (Å²) >= 11 is 0. The average Bonchev–Trinajstić information content (AvgIpc) is 2.74. The van der Waals surface area contributed by atoms with Crippen molar-refractivity contribution in [3.8, 4) is 0 Å². The summed E-state index contributed by atoms with van der Waals surface area (Å²) in [6, 6.07) is 0. The van der Waals surface area contributed by atoms with E-state index in [1.54, 1.807) is 13.8 Å². The first kappa shape index (κ1) is 32.2. The van der Waals surface area contributed by atoms with Gasteiger partial charge in [-0.25, -0.2) is 4.79 Å². The molecule has 0 rings (SSSR count). The molecule has 186 valence electrons. The minimum atomic E-state index is -2.01. The molecular formula is C25H50O6. The number of aliphatic hydroxyl groups is 2. The Kier molecular flexibility index (Phi) is 19.3. The average molecular weight is 447 g/mol. The van der Waals surface area contributed by atoms with Gasteiger partial charge in [-0.05, 0) is 46.5 Å². The molecule has 0 bridgehead atoms. The van der Waals surface area contributed by atoms with Crippen LogP contribution in [-0.2, 0) is 19.1 Å². The summed E-state index contributed by atoms with van der Waals surface area (Å²) in [5, 5.41) is 20.2. The van der Waals surface area contributed by atoms with Crippen molar-refractivity contribution in [3.63, 3.8) is 0 Å². The van der Waals surface area contributed by atoms with E-state index >= 15 is 0 Å². The Morgan fingerprint density at radius 3 is 1.87 bits per heavy atom. The Bertz CT molecular complexity index is 461. The van der Waals surface area contributed by atoms with Gasteiger partial charge in [0.05, 0.1) is 12.0 Å². The fraction of sp³-hybridized carbons (Fsp3) is 0.920. The number of carbonyl (C=O) groups is 2. The van der Waals surface area contributed by atoms with Crippen LogP contribution in [0.15, 0.2) is 0 Å². The van der Waals surface area contributed by atoms with Crippen molar-refractivity contribution in [3.05, 3.63) is 0 Å². The van der Waals surface area contributed by atoms with Crippen molar-refractivity contribution >= 4 is 11.9 Å². The minimum absolute atomic E-state index is 0.108. The number of ether oxygens (including phenoxy) is 2. The third kappa shape index (κ3) is 14.7. The molecule has 0 amide bonds. The van der Waals surface area contributed by atoms with Crippen LogP contribution in [0.4, 0.5) is 0 Å². The highest BCUT2D eigenvalue weighted by molar-refractivity contribution is 5.92. The molecule has 0 aromatic rings. The molecule has 0 aliphatic heterocycles. The van der Waals surface area contributed by atoms with Gasteiger partial charge in [0.25, 0.3) is 0 Å². The van der Waals surface area contributed by atoms with Crippen LogP contribution in [0.5, 0.6) is 0 Å². The number of unbranched alkanes of at least 4 members (excludes halogenated alkanes) is 4. The van der Waals surface area contributed by atoms with Gasteiger partial charge in [-0.2, -0.15) is 0 Å². The van der Waals surface area contributed by atoms with Gasteiger partial charge in [-0.3, -0.25) is 4.79 Å². The third-order valence-corrected chi connectivity index (χ3v) is 5.61. The summed E-state index contributed by atoms with van der Waals surface area (Å²) in [5.74, 6) is -1.55. The molecule has 0 aliphatic carbocycles. The summed E-state index contributed by atoms with van der Waals surface area (Å²) in [5.41, 5.74) is -2.80. The fourth-order valence-corrected chi connectivity index (χ4v) is 3.25. The van der Waals surface area contributed by atoms with Crippen molar-refractivity contribution < 1.29 is 29.3 Å². The fourth-order valence-electron chi connectivity index (χ4n) is 3.25. The highest BCUT2D eigenvalue weighted by Crippen LogP contribution is 2.29. The van der Waals surface area contributed by atoms with E-state index in [-0.39, 0.29) is 12.3 Å². The van der Waals surface area contributed by atoms with Gasteiger partial charge >= 0.3 is 11.9 Å². The normalized spacial score (nSPS) is 14.2. The van der Waals surface area contributed by atoms with Gasteiger partial charge in [0.1, 0.15) is 0 Å². The number of esters is 2. The Hall–Kier alpha value is -0.980. The number of rotatable bonds is 16. The Morgan fingerprint density at radius 1 is 0.871 bits per heavy atom. The van der Waals surface area contributed by atoms with Crippen LogP contribution in [0.3, 0.4) is 0 Å². The highest BCUT2D eigenvalue weighted by Gasteiger charge is 2.42. The van der Waals surface area contributed by atoms with E-state index < -0.39 is 29.6 Å². The number of hydrogen-bond donors (Lipinski definition) is 2. The third-order valence-electron chi connectivity index (χ3n) is 5.61. The topological polar surface area (TPSA) is 93.1 Å². The van der Waals surface area contributed by atoms with Crippen molar-refractivity contribution in [2.45, 2.75) is 118 Å². The zero-order chi connectivity index (χ0) is 24.3. The molecule has 0 aromatic heterocycles. The van der Waals surface area contributed by atoms with Crippen LogP contribution in [-0.4, -0.2) is 47.6 Å². The molecule has 6 nitrogen and oxygen atoms in total. The molecule has 0 saturated heterocycles. The Labute approximate surface area is 191 Å². The largest absolute Gasteiger partial charge is 0.393 e. The van der Waals surface area contributed by atoms with Gasteiger partial charge < -0.3 is 19.7 Å². The van der Waals surface area contributed by atoms with E-state index in [9.17, 15) is 19.8 Å². The maximum absolute atomic E-state index is 12.4. The van der Waals surface area contributed by atoms with Gasteiger partial charge in [0.2, 0.25) is 0 Å². The predicted molar refractivity (Wildman–Crippen MR) is 126 cm³/mol. The molecule has 2 unspecified atom stereocenters. The quantitative estimate of drug-likeness (QED) is 0.187. The molecule has 31 heavy (non-hydrogen) atoms. The summed E-state index contributed by atoms with van der Waals surface area (Å²) in [7, 11) is 0. The summed E-state index contributed by atoms with van der Waals surface area (Å²) < 4.78 is 9.82. The van der Waals surface area contributed by atoms with Crippen LogP contribution in [0.2, 0.25) is 0 Å². The van der Waals surface area contributed by atoms with Crippen LogP contribution < -0.4 is 0 Å². The van der Waals surface area contributed by atoms with Crippen molar-refractivity contribution in [2.75, 3.05) is 19.8 Å². The number of aliphatic hydroxyl groups excluding tert-OH is 1. The maximum Gasteiger partial charge on any atom is 0.348 e. The molecule has 0 aliphatic rings. The molecule has 2 N–H and O–H groups in total. The molecule has 0 fully saturated rings. The van der Waals surface area contributed by atoms with Gasteiger partial charge in [0, 0.05) is 13.2 Å². The van der Waals surface area contributed by atoms with Crippen molar-refractivity contribution in [1.82, 2.24) is 0 Å². The molecular weight excluding hydrogens is 396 g/mol. The second kappa shape index (κ2) is 18.6. The highest BCUT2D eigenvalue weighted by atomic mass is 16.6. The summed E-state index contributed by atoms with van der Waals surface area (Å²) in [6.45, 7) is 14.6. The zero-order valence-electron chi connectivity index (χ0n) is 21.3. The summed E-state index contributed by atoms with van der Waals surface area (Å²) in [4.78, 5) is 24.8. The molecule has 0 aromatic carbocycles. The lowest BCUT2D eigenvalue weighted by Gasteiger charge is -2.29. The predicted octanol–water partition coefficient (Wildman–Crippen LogP) is 5.43. The monoisotopic (exact) mass is 446 g/mol. The van der Waals surface area contributed by atoms with Gasteiger partial charge in [-0.15, -0.1) is 0 Å². The SMILES string of the molecule is CCCCCCC(C)(C)C(=O)OC(=O)C(O)(CO)CC(CC)CCCC.CCOCC. The first-order valence-electron chi connectivity index (χ1n) is 12.3. The van der Waals surface area contributed by atoms with Crippen LogP contribution in [0.25, 0.3) is 0 Å².